The highest BCUT2D eigenvalue weighted by atomic mass is 16.4. The van der Waals surface area contributed by atoms with E-state index in [1.54, 1.807) is 6.92 Å². The molecule has 84 valence electrons. The van der Waals surface area contributed by atoms with E-state index in [4.69, 9.17) is 10.2 Å². The molecule has 0 saturated carbocycles. The van der Waals surface area contributed by atoms with Crippen LogP contribution in [0.4, 0.5) is 0 Å². The minimum atomic E-state index is -1.09. The van der Waals surface area contributed by atoms with Crippen LogP contribution >= 0.6 is 0 Å². The van der Waals surface area contributed by atoms with Crippen LogP contribution in [-0.4, -0.2) is 45.5 Å². The van der Waals surface area contributed by atoms with Crippen molar-refractivity contribution in [2.75, 3.05) is 6.54 Å². The number of carbonyl (C=O) groups is 3. The molecule has 0 radical (unpaired) electrons. The normalized spacial score (nSPS) is 22.9. The standard InChI is InChI=1S/C9H13NO5/c1-2-6(9(14)15)10-4-5(8(12)13)3-7(10)11/h5-6H,2-4H2,1H3,(H,12,13)(H,14,15). The molecule has 15 heavy (non-hydrogen) atoms. The van der Waals surface area contributed by atoms with Gasteiger partial charge >= 0.3 is 11.9 Å². The molecule has 2 N–H and O–H groups in total. The van der Waals surface area contributed by atoms with Gasteiger partial charge < -0.3 is 15.1 Å². The van der Waals surface area contributed by atoms with E-state index in [2.05, 4.69) is 0 Å². The molecule has 0 aromatic heterocycles. The highest BCUT2D eigenvalue weighted by Gasteiger charge is 2.39. The highest BCUT2D eigenvalue weighted by molar-refractivity contribution is 5.89. The Morgan fingerprint density at radius 1 is 1.53 bits per heavy atom. The molecule has 0 aromatic carbocycles. The van der Waals surface area contributed by atoms with Gasteiger partial charge in [-0.1, -0.05) is 6.92 Å². The minimum Gasteiger partial charge on any atom is -0.481 e. The fraction of sp³-hybridized carbons (Fsp3) is 0.667. The van der Waals surface area contributed by atoms with Gasteiger partial charge in [0.1, 0.15) is 6.04 Å². The number of hydrogen-bond acceptors (Lipinski definition) is 3. The molecule has 0 aromatic rings. The average molecular weight is 215 g/mol. The molecule has 0 aliphatic carbocycles. The van der Waals surface area contributed by atoms with E-state index in [-0.39, 0.29) is 19.4 Å². The minimum absolute atomic E-state index is 0.00102. The van der Waals surface area contributed by atoms with E-state index >= 15 is 0 Å². The van der Waals surface area contributed by atoms with E-state index in [1.165, 1.54) is 0 Å². The first-order chi connectivity index (χ1) is 6.97. The van der Waals surface area contributed by atoms with Crippen molar-refractivity contribution in [1.82, 2.24) is 4.90 Å². The van der Waals surface area contributed by atoms with Crippen molar-refractivity contribution in [1.29, 1.82) is 0 Å². The maximum absolute atomic E-state index is 11.4. The summed E-state index contributed by atoms with van der Waals surface area (Å²) in [5.41, 5.74) is 0. The van der Waals surface area contributed by atoms with Crippen molar-refractivity contribution < 1.29 is 24.6 Å². The molecule has 1 fully saturated rings. The quantitative estimate of drug-likeness (QED) is 0.676. The monoisotopic (exact) mass is 215 g/mol. The molecule has 1 amide bonds. The number of carboxylic acids is 2. The van der Waals surface area contributed by atoms with Gasteiger partial charge in [0.2, 0.25) is 5.91 Å². The maximum atomic E-state index is 11.4. The molecule has 1 saturated heterocycles. The van der Waals surface area contributed by atoms with Crippen LogP contribution in [0.1, 0.15) is 19.8 Å². The SMILES string of the molecule is CCC(C(=O)O)N1CC(C(=O)O)CC1=O. The summed E-state index contributed by atoms with van der Waals surface area (Å²) in [6, 6.07) is -0.901. The van der Waals surface area contributed by atoms with Gasteiger partial charge in [0.15, 0.2) is 0 Å². The van der Waals surface area contributed by atoms with Crippen molar-refractivity contribution in [2.45, 2.75) is 25.8 Å². The Morgan fingerprint density at radius 2 is 2.13 bits per heavy atom. The van der Waals surface area contributed by atoms with Crippen LogP contribution < -0.4 is 0 Å². The lowest BCUT2D eigenvalue weighted by molar-refractivity contribution is -0.148. The van der Waals surface area contributed by atoms with Gasteiger partial charge in [0.05, 0.1) is 5.92 Å². The number of carbonyl (C=O) groups excluding carboxylic acids is 1. The van der Waals surface area contributed by atoms with Crippen molar-refractivity contribution >= 4 is 17.8 Å². The van der Waals surface area contributed by atoms with Gasteiger partial charge in [-0.25, -0.2) is 4.79 Å². The smallest absolute Gasteiger partial charge is 0.326 e. The second kappa shape index (κ2) is 4.29. The van der Waals surface area contributed by atoms with Crippen LogP contribution in [0, 0.1) is 5.92 Å². The number of aliphatic carboxylic acids is 2. The number of hydrogen-bond donors (Lipinski definition) is 2. The number of likely N-dealkylation sites (tertiary alicyclic amines) is 1. The maximum Gasteiger partial charge on any atom is 0.326 e. The first-order valence-corrected chi connectivity index (χ1v) is 4.72. The molecular weight excluding hydrogens is 202 g/mol. The van der Waals surface area contributed by atoms with Crippen LogP contribution in [0.15, 0.2) is 0 Å². The summed E-state index contributed by atoms with van der Waals surface area (Å²) in [6.07, 6.45) is 0.187. The third-order valence-electron chi connectivity index (χ3n) is 2.56. The molecule has 1 aliphatic rings. The third kappa shape index (κ3) is 2.26. The van der Waals surface area contributed by atoms with Crippen LogP contribution in [-0.2, 0) is 14.4 Å². The molecule has 0 spiro atoms. The Morgan fingerprint density at radius 3 is 2.47 bits per heavy atom. The second-order valence-electron chi connectivity index (χ2n) is 3.55. The molecule has 6 heteroatoms. The fourth-order valence-corrected chi connectivity index (χ4v) is 1.73. The summed E-state index contributed by atoms with van der Waals surface area (Å²) < 4.78 is 0. The largest absolute Gasteiger partial charge is 0.481 e. The highest BCUT2D eigenvalue weighted by Crippen LogP contribution is 2.21. The second-order valence-corrected chi connectivity index (χ2v) is 3.55. The first-order valence-electron chi connectivity index (χ1n) is 4.72. The summed E-state index contributed by atoms with van der Waals surface area (Å²) >= 11 is 0. The lowest BCUT2D eigenvalue weighted by atomic mass is 10.1. The Bertz CT molecular complexity index is 301. The van der Waals surface area contributed by atoms with Gasteiger partial charge in [-0.15, -0.1) is 0 Å². The Labute approximate surface area is 86.5 Å². The van der Waals surface area contributed by atoms with Gasteiger partial charge in [-0.3, -0.25) is 9.59 Å². The molecule has 0 bridgehead atoms. The lowest BCUT2D eigenvalue weighted by Gasteiger charge is -2.22. The van der Waals surface area contributed by atoms with Crippen molar-refractivity contribution in [3.63, 3.8) is 0 Å². The van der Waals surface area contributed by atoms with Crippen LogP contribution in [0.5, 0.6) is 0 Å². The Hall–Kier alpha value is -1.59. The zero-order valence-electron chi connectivity index (χ0n) is 8.34. The fourth-order valence-electron chi connectivity index (χ4n) is 1.73. The van der Waals surface area contributed by atoms with E-state index in [9.17, 15) is 14.4 Å². The molecule has 2 atom stereocenters. The summed E-state index contributed by atoms with van der Waals surface area (Å²) in [4.78, 5) is 34.0. The van der Waals surface area contributed by atoms with Gasteiger partial charge in [-0.2, -0.15) is 0 Å². The van der Waals surface area contributed by atoms with Crippen LogP contribution in [0.25, 0.3) is 0 Å². The van der Waals surface area contributed by atoms with E-state index in [0.29, 0.717) is 0 Å². The van der Waals surface area contributed by atoms with Crippen molar-refractivity contribution in [2.24, 2.45) is 5.92 Å². The molecule has 1 heterocycles. The zero-order valence-corrected chi connectivity index (χ0v) is 8.34. The van der Waals surface area contributed by atoms with E-state index in [0.717, 1.165) is 4.90 Å². The molecule has 1 aliphatic heterocycles. The third-order valence-corrected chi connectivity index (χ3v) is 2.56. The number of rotatable bonds is 4. The molecule has 1 rings (SSSR count). The van der Waals surface area contributed by atoms with Gasteiger partial charge in [0, 0.05) is 13.0 Å². The number of carboxylic acid groups (broad SMARTS) is 2. The predicted molar refractivity (Wildman–Crippen MR) is 49.2 cm³/mol. The molecule has 2 unspecified atom stereocenters. The summed E-state index contributed by atoms with van der Waals surface area (Å²) in [5, 5.41) is 17.6. The topological polar surface area (TPSA) is 94.9 Å². The molecular formula is C9H13NO5. The van der Waals surface area contributed by atoms with Gasteiger partial charge in [0.25, 0.3) is 0 Å². The summed E-state index contributed by atoms with van der Waals surface area (Å²) in [7, 11) is 0. The predicted octanol–water partition coefficient (Wildman–Crippen LogP) is -0.217. The Balaban J connectivity index is 2.75. The average Bonchev–Trinajstić information content (AvgIpc) is 2.49. The van der Waals surface area contributed by atoms with Crippen LogP contribution in [0.2, 0.25) is 0 Å². The Kier molecular flexibility index (Phi) is 3.28. The number of nitrogens with zero attached hydrogens (tertiary/aromatic N) is 1. The van der Waals surface area contributed by atoms with E-state index in [1.807, 2.05) is 0 Å². The lowest BCUT2D eigenvalue weighted by Crippen LogP contribution is -2.42. The van der Waals surface area contributed by atoms with Crippen molar-refractivity contribution in [3.8, 4) is 0 Å². The number of amides is 1. The first kappa shape index (κ1) is 11.5. The zero-order chi connectivity index (χ0) is 11.6. The summed E-state index contributed by atoms with van der Waals surface area (Å²) in [5.74, 6) is -3.30. The van der Waals surface area contributed by atoms with Crippen molar-refractivity contribution in [3.05, 3.63) is 0 Å². The molecule has 6 nitrogen and oxygen atoms in total. The van der Waals surface area contributed by atoms with Gasteiger partial charge in [-0.05, 0) is 6.42 Å². The van der Waals surface area contributed by atoms with Crippen LogP contribution in [0.3, 0.4) is 0 Å². The summed E-state index contributed by atoms with van der Waals surface area (Å²) in [6.45, 7) is 1.65. The van der Waals surface area contributed by atoms with E-state index < -0.39 is 29.8 Å².